The Bertz CT molecular complexity index is 683. The molecule has 1 amide bonds. The van der Waals surface area contributed by atoms with Crippen LogP contribution in [0.2, 0.25) is 0 Å². The fraction of sp³-hybridized carbons (Fsp3) is 0.667. The number of nitrogens with two attached hydrogens (primary N) is 1. The fourth-order valence-electron chi connectivity index (χ4n) is 3.26. The Morgan fingerprint density at radius 1 is 1.48 bits per heavy atom. The number of furan rings is 1. The van der Waals surface area contributed by atoms with E-state index in [1.165, 1.54) is 6.92 Å². The lowest BCUT2D eigenvalue weighted by molar-refractivity contribution is -0.00779. The van der Waals surface area contributed by atoms with Gasteiger partial charge in [0.25, 0.3) is 15.9 Å². The molecule has 1 aromatic rings. The van der Waals surface area contributed by atoms with Gasteiger partial charge < -0.3 is 14.8 Å². The van der Waals surface area contributed by atoms with E-state index in [-0.39, 0.29) is 35.3 Å². The van der Waals surface area contributed by atoms with Gasteiger partial charge in [-0.2, -0.15) is 0 Å². The second kappa shape index (κ2) is 6.26. The number of aliphatic hydroxyl groups excluding tert-OH is 1. The second-order valence-corrected chi connectivity index (χ2v) is 8.14. The van der Waals surface area contributed by atoms with E-state index in [0.717, 1.165) is 25.3 Å². The summed E-state index contributed by atoms with van der Waals surface area (Å²) in [6.45, 7) is 5.50. The minimum Gasteiger partial charge on any atom is -0.448 e. The van der Waals surface area contributed by atoms with Crippen LogP contribution in [0.3, 0.4) is 0 Å². The number of carbonyl (C=O) groups is 1. The van der Waals surface area contributed by atoms with Crippen LogP contribution in [0.4, 0.5) is 0 Å². The molecule has 1 saturated carbocycles. The summed E-state index contributed by atoms with van der Waals surface area (Å²) in [6, 6.07) is 0.949. The standard InChI is InChI=1S/C15H24N2O5S/c1-9(2)13(15(8-18)5-4-6-15)17-14(19)11-7-12(22-10(11)3)23(16,20)21/h7,9,13,18H,4-6,8H2,1-3H3,(H,17,19)(H2,16,20,21). The minimum absolute atomic E-state index is 0.0168. The van der Waals surface area contributed by atoms with E-state index in [4.69, 9.17) is 9.56 Å². The van der Waals surface area contributed by atoms with E-state index in [2.05, 4.69) is 5.32 Å². The first kappa shape index (κ1) is 18.0. The van der Waals surface area contributed by atoms with Gasteiger partial charge in [0.2, 0.25) is 5.09 Å². The number of rotatable bonds is 6. The minimum atomic E-state index is -4.00. The topological polar surface area (TPSA) is 123 Å². The number of sulfonamides is 1. The summed E-state index contributed by atoms with van der Waals surface area (Å²) in [6.07, 6.45) is 2.75. The SMILES string of the molecule is Cc1oc(S(N)(=O)=O)cc1C(=O)NC(C(C)C)C1(CO)CCC1. The van der Waals surface area contributed by atoms with Crippen molar-refractivity contribution < 1.29 is 22.7 Å². The summed E-state index contributed by atoms with van der Waals surface area (Å²) >= 11 is 0. The molecule has 1 aromatic heterocycles. The normalized spacial score (nSPS) is 18.5. The van der Waals surface area contributed by atoms with Crippen molar-refractivity contribution in [1.82, 2.24) is 5.32 Å². The molecule has 1 fully saturated rings. The highest BCUT2D eigenvalue weighted by atomic mass is 32.2. The van der Waals surface area contributed by atoms with Crippen molar-refractivity contribution >= 4 is 15.9 Å². The molecule has 23 heavy (non-hydrogen) atoms. The molecule has 130 valence electrons. The number of carbonyl (C=O) groups excluding carboxylic acids is 1. The smallest absolute Gasteiger partial charge is 0.271 e. The van der Waals surface area contributed by atoms with Crippen molar-refractivity contribution in [3.05, 3.63) is 17.4 Å². The zero-order valence-corrected chi connectivity index (χ0v) is 14.4. The predicted molar refractivity (Wildman–Crippen MR) is 84.3 cm³/mol. The lowest BCUT2D eigenvalue weighted by Crippen LogP contribution is -2.56. The molecule has 1 heterocycles. The van der Waals surface area contributed by atoms with E-state index < -0.39 is 21.0 Å². The van der Waals surface area contributed by atoms with Gasteiger partial charge in [-0.3, -0.25) is 4.79 Å². The number of hydrogen-bond donors (Lipinski definition) is 3. The third kappa shape index (κ3) is 3.44. The van der Waals surface area contributed by atoms with Crippen LogP contribution in [0.1, 0.15) is 49.2 Å². The largest absolute Gasteiger partial charge is 0.448 e. The quantitative estimate of drug-likeness (QED) is 0.714. The Morgan fingerprint density at radius 3 is 2.43 bits per heavy atom. The van der Waals surface area contributed by atoms with E-state index in [1.807, 2.05) is 13.8 Å². The average Bonchev–Trinajstić information content (AvgIpc) is 2.78. The van der Waals surface area contributed by atoms with Crippen molar-refractivity contribution in [2.24, 2.45) is 16.5 Å². The van der Waals surface area contributed by atoms with Crippen molar-refractivity contribution in [1.29, 1.82) is 0 Å². The lowest BCUT2D eigenvalue weighted by atomic mass is 9.62. The van der Waals surface area contributed by atoms with Crippen LogP contribution in [-0.2, 0) is 10.0 Å². The van der Waals surface area contributed by atoms with Crippen LogP contribution >= 0.6 is 0 Å². The highest BCUT2D eigenvalue weighted by molar-refractivity contribution is 7.89. The van der Waals surface area contributed by atoms with E-state index in [1.54, 1.807) is 0 Å². The molecular formula is C15H24N2O5S. The van der Waals surface area contributed by atoms with Gasteiger partial charge in [0.1, 0.15) is 5.76 Å². The Balaban J connectivity index is 2.25. The molecule has 8 heteroatoms. The number of primary sulfonamides is 1. The summed E-state index contributed by atoms with van der Waals surface area (Å²) in [7, 11) is -4.00. The lowest BCUT2D eigenvalue weighted by Gasteiger charge is -2.48. The first-order chi connectivity index (χ1) is 10.6. The highest BCUT2D eigenvalue weighted by Crippen LogP contribution is 2.45. The molecule has 0 aliphatic heterocycles. The maximum Gasteiger partial charge on any atom is 0.271 e. The molecule has 0 aromatic carbocycles. The molecule has 1 atom stereocenters. The number of nitrogens with one attached hydrogen (secondary N) is 1. The molecule has 1 aliphatic carbocycles. The number of amides is 1. The zero-order valence-electron chi connectivity index (χ0n) is 13.6. The molecule has 1 aliphatic rings. The third-order valence-corrected chi connectivity index (χ3v) is 5.46. The number of hydrogen-bond acceptors (Lipinski definition) is 5. The fourth-order valence-corrected chi connectivity index (χ4v) is 3.79. The molecule has 0 saturated heterocycles. The molecule has 4 N–H and O–H groups in total. The summed E-state index contributed by atoms with van der Waals surface area (Å²) < 4.78 is 27.7. The van der Waals surface area contributed by atoms with E-state index >= 15 is 0 Å². The van der Waals surface area contributed by atoms with Crippen LogP contribution in [0, 0.1) is 18.3 Å². The monoisotopic (exact) mass is 344 g/mol. The summed E-state index contributed by atoms with van der Waals surface area (Å²) in [5, 5.41) is 17.3. The zero-order chi connectivity index (χ0) is 17.4. The second-order valence-electron chi connectivity index (χ2n) is 6.65. The average molecular weight is 344 g/mol. The van der Waals surface area contributed by atoms with Crippen LogP contribution < -0.4 is 10.5 Å². The summed E-state index contributed by atoms with van der Waals surface area (Å²) in [5.74, 6) is -0.0865. The maximum absolute atomic E-state index is 12.5. The van der Waals surface area contributed by atoms with Crippen molar-refractivity contribution in [3.63, 3.8) is 0 Å². The van der Waals surface area contributed by atoms with Gasteiger partial charge in [-0.05, 0) is 25.7 Å². The Hall–Kier alpha value is -1.38. The maximum atomic E-state index is 12.5. The van der Waals surface area contributed by atoms with Gasteiger partial charge >= 0.3 is 0 Å². The van der Waals surface area contributed by atoms with Gasteiger partial charge in [-0.25, -0.2) is 13.6 Å². The van der Waals surface area contributed by atoms with Crippen molar-refractivity contribution in [3.8, 4) is 0 Å². The van der Waals surface area contributed by atoms with Gasteiger partial charge in [-0.15, -0.1) is 0 Å². The van der Waals surface area contributed by atoms with Gasteiger partial charge in [0, 0.05) is 17.5 Å². The molecule has 0 spiro atoms. The third-order valence-electron chi connectivity index (χ3n) is 4.70. The van der Waals surface area contributed by atoms with Crippen molar-refractivity contribution in [2.75, 3.05) is 6.61 Å². The van der Waals surface area contributed by atoms with E-state index in [9.17, 15) is 18.3 Å². The molecule has 2 rings (SSSR count). The Labute approximate surface area is 136 Å². The Kier molecular flexibility index (Phi) is 4.89. The molecule has 1 unspecified atom stereocenters. The number of aryl methyl sites for hydroxylation is 1. The van der Waals surface area contributed by atoms with Crippen LogP contribution in [-0.4, -0.2) is 32.1 Å². The van der Waals surface area contributed by atoms with Gasteiger partial charge in [-0.1, -0.05) is 20.3 Å². The Morgan fingerprint density at radius 2 is 2.09 bits per heavy atom. The highest BCUT2D eigenvalue weighted by Gasteiger charge is 2.45. The summed E-state index contributed by atoms with van der Waals surface area (Å²) in [5.41, 5.74) is -0.156. The molecular weight excluding hydrogens is 320 g/mol. The predicted octanol–water partition coefficient (Wildman–Crippen LogP) is 1.15. The van der Waals surface area contributed by atoms with Crippen LogP contribution in [0.25, 0.3) is 0 Å². The summed E-state index contributed by atoms with van der Waals surface area (Å²) in [4.78, 5) is 12.5. The van der Waals surface area contributed by atoms with Crippen LogP contribution in [0.5, 0.6) is 0 Å². The molecule has 0 bridgehead atoms. The van der Waals surface area contributed by atoms with Crippen molar-refractivity contribution in [2.45, 2.75) is 51.2 Å². The van der Waals surface area contributed by atoms with Crippen LogP contribution in [0.15, 0.2) is 15.6 Å². The first-order valence-corrected chi connectivity index (χ1v) is 9.20. The van der Waals surface area contributed by atoms with E-state index in [0.29, 0.717) is 0 Å². The van der Waals surface area contributed by atoms with Gasteiger partial charge in [0.05, 0.1) is 12.2 Å². The molecule has 7 nitrogen and oxygen atoms in total. The van der Waals surface area contributed by atoms with Gasteiger partial charge in [0.15, 0.2) is 0 Å². The first-order valence-electron chi connectivity index (χ1n) is 7.66. The molecule has 0 radical (unpaired) electrons. The number of aliphatic hydroxyl groups is 1.